The quantitative estimate of drug-likeness (QED) is 0.659. The molecule has 0 radical (unpaired) electrons. The monoisotopic (exact) mass is 343 g/mol. The molecule has 134 valence electrons. The van der Waals surface area contributed by atoms with Crippen LogP contribution in [0.5, 0.6) is 0 Å². The van der Waals surface area contributed by atoms with Crippen LogP contribution in [-0.2, 0) is 17.5 Å². The maximum atomic E-state index is 12.6. The molecule has 24 heavy (non-hydrogen) atoms. The maximum absolute atomic E-state index is 12.6. The molecule has 1 aromatic carbocycles. The Balaban J connectivity index is 1.99. The molecule has 1 saturated heterocycles. The number of aliphatic imine (C=N–C) groups is 1. The van der Waals surface area contributed by atoms with Gasteiger partial charge in [-0.05, 0) is 31.0 Å². The number of nitrogens with zero attached hydrogens (tertiary/aromatic N) is 2. The molecule has 0 aromatic heterocycles. The van der Waals surface area contributed by atoms with E-state index >= 15 is 0 Å². The summed E-state index contributed by atoms with van der Waals surface area (Å²) in [6.45, 7) is 5.47. The van der Waals surface area contributed by atoms with Gasteiger partial charge in [-0.1, -0.05) is 12.1 Å². The Morgan fingerprint density at radius 3 is 2.58 bits per heavy atom. The Hall–Kier alpha value is -1.76. The average Bonchev–Trinajstić information content (AvgIpc) is 3.03. The van der Waals surface area contributed by atoms with Gasteiger partial charge in [0.05, 0.1) is 18.7 Å². The summed E-state index contributed by atoms with van der Waals surface area (Å²) in [5.74, 6) is 1.24. The van der Waals surface area contributed by atoms with Gasteiger partial charge in [0.1, 0.15) is 0 Å². The minimum Gasteiger partial charge on any atom is -0.381 e. The zero-order valence-corrected chi connectivity index (χ0v) is 14.1. The van der Waals surface area contributed by atoms with Crippen LogP contribution in [0, 0.1) is 5.92 Å². The number of hydrogen-bond acceptors (Lipinski definition) is 2. The molecule has 1 atom stereocenters. The van der Waals surface area contributed by atoms with E-state index in [1.807, 2.05) is 18.9 Å². The third-order valence-corrected chi connectivity index (χ3v) is 3.95. The SMILES string of the molecule is CCNC(=NCc1ccc(C(F)(F)F)cc1)N(C)CC1CCOC1. The Morgan fingerprint density at radius 2 is 2.04 bits per heavy atom. The molecule has 7 heteroatoms. The van der Waals surface area contributed by atoms with Gasteiger partial charge in [0, 0.05) is 32.7 Å². The minimum absolute atomic E-state index is 0.339. The molecule has 1 aliphatic rings. The Kier molecular flexibility index (Phi) is 6.48. The second-order valence-electron chi connectivity index (χ2n) is 5.97. The highest BCUT2D eigenvalue weighted by atomic mass is 19.4. The van der Waals surface area contributed by atoms with Gasteiger partial charge in [-0.3, -0.25) is 0 Å². The van der Waals surface area contributed by atoms with Gasteiger partial charge in [-0.25, -0.2) is 4.99 Å². The van der Waals surface area contributed by atoms with Crippen LogP contribution in [0.4, 0.5) is 13.2 Å². The van der Waals surface area contributed by atoms with Crippen molar-refractivity contribution in [3.05, 3.63) is 35.4 Å². The summed E-state index contributed by atoms with van der Waals surface area (Å²) >= 11 is 0. The summed E-state index contributed by atoms with van der Waals surface area (Å²) < 4.78 is 43.1. The molecule has 0 aliphatic carbocycles. The molecule has 1 heterocycles. The molecule has 1 aliphatic heterocycles. The summed E-state index contributed by atoms with van der Waals surface area (Å²) in [5, 5.41) is 3.22. The highest BCUT2D eigenvalue weighted by molar-refractivity contribution is 5.79. The first-order chi connectivity index (χ1) is 11.4. The molecular formula is C17H24F3N3O. The summed E-state index contributed by atoms with van der Waals surface area (Å²) in [5.41, 5.74) is 0.108. The lowest BCUT2D eigenvalue weighted by Gasteiger charge is -2.24. The van der Waals surface area contributed by atoms with Crippen molar-refractivity contribution in [3.63, 3.8) is 0 Å². The van der Waals surface area contributed by atoms with E-state index in [4.69, 9.17) is 4.74 Å². The first kappa shape index (κ1) is 18.6. The van der Waals surface area contributed by atoms with Crippen LogP contribution in [-0.4, -0.2) is 44.2 Å². The van der Waals surface area contributed by atoms with E-state index in [1.165, 1.54) is 12.1 Å². The van der Waals surface area contributed by atoms with E-state index in [0.29, 0.717) is 12.5 Å². The van der Waals surface area contributed by atoms with Crippen molar-refractivity contribution in [2.24, 2.45) is 10.9 Å². The van der Waals surface area contributed by atoms with Crippen LogP contribution in [0.15, 0.2) is 29.3 Å². The van der Waals surface area contributed by atoms with Gasteiger partial charge in [0.15, 0.2) is 5.96 Å². The van der Waals surface area contributed by atoms with Crippen molar-refractivity contribution in [3.8, 4) is 0 Å². The van der Waals surface area contributed by atoms with E-state index in [-0.39, 0.29) is 0 Å². The fraction of sp³-hybridized carbons (Fsp3) is 0.588. The molecule has 1 unspecified atom stereocenters. The fourth-order valence-corrected chi connectivity index (χ4v) is 2.64. The van der Waals surface area contributed by atoms with Crippen LogP contribution in [0.25, 0.3) is 0 Å². The third kappa shape index (κ3) is 5.40. The van der Waals surface area contributed by atoms with Crippen LogP contribution in [0.2, 0.25) is 0 Å². The molecule has 0 amide bonds. The predicted octanol–water partition coefficient (Wildman–Crippen LogP) is 3.14. The standard InChI is InChI=1S/C17H24F3N3O/c1-3-21-16(23(2)11-14-8-9-24-12-14)22-10-13-4-6-15(7-5-13)17(18,19)20/h4-7,14H,3,8-12H2,1-2H3,(H,21,22). The van der Waals surface area contributed by atoms with Gasteiger partial charge in [0.2, 0.25) is 0 Å². The summed E-state index contributed by atoms with van der Waals surface area (Å²) in [7, 11) is 1.96. The maximum Gasteiger partial charge on any atom is 0.416 e. The lowest BCUT2D eigenvalue weighted by Crippen LogP contribution is -2.41. The van der Waals surface area contributed by atoms with Gasteiger partial charge in [-0.2, -0.15) is 13.2 Å². The van der Waals surface area contributed by atoms with Gasteiger partial charge >= 0.3 is 6.18 Å². The number of nitrogens with one attached hydrogen (secondary N) is 1. The second kappa shape index (κ2) is 8.37. The Labute approximate surface area is 140 Å². The first-order valence-electron chi connectivity index (χ1n) is 8.13. The summed E-state index contributed by atoms with van der Waals surface area (Å²) in [4.78, 5) is 6.58. The first-order valence-corrected chi connectivity index (χ1v) is 8.13. The van der Waals surface area contributed by atoms with Crippen LogP contribution in [0.1, 0.15) is 24.5 Å². The highest BCUT2D eigenvalue weighted by Crippen LogP contribution is 2.29. The molecule has 4 nitrogen and oxygen atoms in total. The lowest BCUT2D eigenvalue weighted by atomic mass is 10.1. The van der Waals surface area contributed by atoms with E-state index in [9.17, 15) is 13.2 Å². The summed E-state index contributed by atoms with van der Waals surface area (Å²) in [6, 6.07) is 5.14. The van der Waals surface area contributed by atoms with Gasteiger partial charge < -0.3 is 15.0 Å². The number of ether oxygens (including phenoxy) is 1. The Bertz CT molecular complexity index is 537. The fourth-order valence-electron chi connectivity index (χ4n) is 2.64. The number of rotatable bonds is 5. The van der Waals surface area contributed by atoms with E-state index < -0.39 is 11.7 Å². The van der Waals surface area contributed by atoms with Crippen molar-refractivity contribution in [2.45, 2.75) is 26.1 Å². The second-order valence-corrected chi connectivity index (χ2v) is 5.97. The smallest absolute Gasteiger partial charge is 0.381 e. The van der Waals surface area contributed by atoms with Gasteiger partial charge in [0.25, 0.3) is 0 Å². The van der Waals surface area contributed by atoms with Crippen molar-refractivity contribution < 1.29 is 17.9 Å². The zero-order valence-electron chi connectivity index (χ0n) is 14.1. The largest absolute Gasteiger partial charge is 0.416 e. The van der Waals surface area contributed by atoms with Crippen molar-refractivity contribution in [2.75, 3.05) is 33.4 Å². The predicted molar refractivity (Wildman–Crippen MR) is 87.8 cm³/mol. The number of guanidine groups is 1. The van der Waals surface area contributed by atoms with Crippen molar-refractivity contribution in [1.82, 2.24) is 10.2 Å². The molecule has 1 N–H and O–H groups in total. The average molecular weight is 343 g/mol. The topological polar surface area (TPSA) is 36.9 Å². The minimum atomic E-state index is -4.31. The normalized spacial score (nSPS) is 18.7. The van der Waals surface area contributed by atoms with Crippen LogP contribution in [0.3, 0.4) is 0 Å². The van der Waals surface area contributed by atoms with E-state index in [2.05, 4.69) is 10.3 Å². The number of halogens is 3. The van der Waals surface area contributed by atoms with Crippen molar-refractivity contribution >= 4 is 5.96 Å². The van der Waals surface area contributed by atoms with Crippen molar-refractivity contribution in [1.29, 1.82) is 0 Å². The van der Waals surface area contributed by atoms with Gasteiger partial charge in [-0.15, -0.1) is 0 Å². The lowest BCUT2D eigenvalue weighted by molar-refractivity contribution is -0.137. The number of alkyl halides is 3. The zero-order chi connectivity index (χ0) is 17.6. The Morgan fingerprint density at radius 1 is 1.33 bits per heavy atom. The van der Waals surface area contributed by atoms with Crippen LogP contribution < -0.4 is 5.32 Å². The molecule has 1 aromatic rings. The third-order valence-electron chi connectivity index (χ3n) is 3.95. The van der Waals surface area contributed by atoms with E-state index in [0.717, 1.165) is 56.4 Å². The summed E-state index contributed by atoms with van der Waals surface area (Å²) in [6.07, 6.45) is -3.26. The molecule has 0 bridgehead atoms. The molecule has 0 saturated carbocycles. The number of hydrogen-bond donors (Lipinski definition) is 1. The van der Waals surface area contributed by atoms with E-state index in [1.54, 1.807) is 0 Å². The molecule has 2 rings (SSSR count). The number of benzene rings is 1. The van der Waals surface area contributed by atoms with Crippen LogP contribution >= 0.6 is 0 Å². The molecule has 1 fully saturated rings. The highest BCUT2D eigenvalue weighted by Gasteiger charge is 2.29. The molecule has 0 spiro atoms. The molecular weight excluding hydrogens is 319 g/mol.